The fraction of sp³-hybridized carbons (Fsp3) is 0.941. The highest BCUT2D eigenvalue weighted by Crippen LogP contribution is 2.33. The lowest BCUT2D eigenvalue weighted by molar-refractivity contribution is -0.212. The Labute approximate surface area is 127 Å². The topological polar surface area (TPSA) is 44.8 Å². The fourth-order valence-corrected chi connectivity index (χ4v) is 3.87. The minimum Gasteiger partial charge on any atom is -0.460 e. The standard InChI is InChI=1S/C17H28O4/c18-16-10-9-14(20-16)15(12-13-6-2-1-3-7-13)21-17-8-4-5-11-19-17/h13-15,17H,1-12H2. The van der Waals surface area contributed by atoms with Crippen LogP contribution >= 0.6 is 0 Å². The summed E-state index contributed by atoms with van der Waals surface area (Å²) in [5.41, 5.74) is 0. The Kier molecular flexibility index (Phi) is 5.53. The summed E-state index contributed by atoms with van der Waals surface area (Å²) in [5.74, 6) is 0.661. The second kappa shape index (κ2) is 7.59. The van der Waals surface area contributed by atoms with Gasteiger partial charge in [-0.25, -0.2) is 0 Å². The van der Waals surface area contributed by atoms with Crippen molar-refractivity contribution in [1.82, 2.24) is 0 Å². The monoisotopic (exact) mass is 296 g/mol. The fourth-order valence-electron chi connectivity index (χ4n) is 3.87. The van der Waals surface area contributed by atoms with E-state index in [9.17, 15) is 4.79 Å². The molecule has 21 heavy (non-hydrogen) atoms. The maximum atomic E-state index is 11.4. The minimum absolute atomic E-state index is 0.0302. The highest BCUT2D eigenvalue weighted by molar-refractivity contribution is 5.71. The zero-order valence-electron chi connectivity index (χ0n) is 12.9. The number of rotatable bonds is 5. The van der Waals surface area contributed by atoms with Gasteiger partial charge in [-0.3, -0.25) is 4.79 Å². The molecule has 4 nitrogen and oxygen atoms in total. The molecule has 3 rings (SSSR count). The van der Waals surface area contributed by atoms with Crippen LogP contribution in [-0.2, 0) is 19.0 Å². The van der Waals surface area contributed by atoms with Crippen molar-refractivity contribution in [2.45, 2.75) is 89.1 Å². The van der Waals surface area contributed by atoms with E-state index in [0.29, 0.717) is 6.42 Å². The molecule has 0 amide bonds. The van der Waals surface area contributed by atoms with E-state index in [1.165, 1.54) is 38.5 Å². The Morgan fingerprint density at radius 2 is 1.86 bits per heavy atom. The molecule has 4 heteroatoms. The summed E-state index contributed by atoms with van der Waals surface area (Å²) in [6.07, 6.45) is 12.2. The predicted molar refractivity (Wildman–Crippen MR) is 78.8 cm³/mol. The summed E-state index contributed by atoms with van der Waals surface area (Å²) in [6.45, 7) is 0.797. The van der Waals surface area contributed by atoms with Crippen molar-refractivity contribution >= 4 is 5.97 Å². The van der Waals surface area contributed by atoms with Crippen molar-refractivity contribution in [3.8, 4) is 0 Å². The number of esters is 1. The number of hydrogen-bond acceptors (Lipinski definition) is 4. The maximum absolute atomic E-state index is 11.4. The van der Waals surface area contributed by atoms with Crippen molar-refractivity contribution in [2.75, 3.05) is 6.61 Å². The SMILES string of the molecule is O=C1CCC(C(CC2CCCCC2)OC2CCCCO2)O1. The second-order valence-electron chi connectivity index (χ2n) is 6.78. The Hall–Kier alpha value is -0.610. The molecule has 3 fully saturated rings. The third-order valence-electron chi connectivity index (χ3n) is 5.09. The molecule has 3 unspecified atom stereocenters. The van der Waals surface area contributed by atoms with Gasteiger partial charge in [-0.2, -0.15) is 0 Å². The first-order valence-electron chi connectivity index (χ1n) is 8.78. The van der Waals surface area contributed by atoms with Crippen LogP contribution in [0.3, 0.4) is 0 Å². The first-order chi connectivity index (χ1) is 10.3. The summed E-state index contributed by atoms with van der Waals surface area (Å²) < 4.78 is 17.4. The molecule has 2 heterocycles. The zero-order valence-corrected chi connectivity index (χ0v) is 12.9. The molecule has 1 aliphatic carbocycles. The highest BCUT2D eigenvalue weighted by atomic mass is 16.7. The van der Waals surface area contributed by atoms with Crippen molar-refractivity contribution < 1.29 is 19.0 Å². The summed E-state index contributed by atoms with van der Waals surface area (Å²) in [5, 5.41) is 0. The second-order valence-corrected chi connectivity index (χ2v) is 6.78. The van der Waals surface area contributed by atoms with Crippen LogP contribution in [0, 0.1) is 5.92 Å². The van der Waals surface area contributed by atoms with Gasteiger partial charge in [0, 0.05) is 13.0 Å². The molecule has 1 saturated carbocycles. The molecule has 0 radical (unpaired) electrons. The van der Waals surface area contributed by atoms with Crippen molar-refractivity contribution in [3.63, 3.8) is 0 Å². The highest BCUT2D eigenvalue weighted by Gasteiger charge is 2.35. The van der Waals surface area contributed by atoms with Gasteiger partial charge in [-0.15, -0.1) is 0 Å². The van der Waals surface area contributed by atoms with E-state index < -0.39 is 0 Å². The summed E-state index contributed by atoms with van der Waals surface area (Å²) >= 11 is 0. The van der Waals surface area contributed by atoms with Crippen LogP contribution in [0.5, 0.6) is 0 Å². The molecule has 3 atom stereocenters. The van der Waals surface area contributed by atoms with Crippen LogP contribution in [-0.4, -0.2) is 31.1 Å². The van der Waals surface area contributed by atoms with Gasteiger partial charge >= 0.3 is 5.97 Å². The van der Waals surface area contributed by atoms with E-state index in [0.717, 1.165) is 38.2 Å². The van der Waals surface area contributed by atoms with Crippen LogP contribution in [0.15, 0.2) is 0 Å². The van der Waals surface area contributed by atoms with E-state index in [1.807, 2.05) is 0 Å². The Balaban J connectivity index is 1.57. The summed E-state index contributed by atoms with van der Waals surface area (Å²) in [6, 6.07) is 0. The lowest BCUT2D eigenvalue weighted by Gasteiger charge is -2.33. The minimum atomic E-state index is -0.0911. The normalized spacial score (nSPS) is 32.9. The number of carbonyl (C=O) groups excluding carboxylic acids is 1. The van der Waals surface area contributed by atoms with Crippen LogP contribution in [0.25, 0.3) is 0 Å². The molecular formula is C17H28O4. The largest absolute Gasteiger partial charge is 0.460 e. The lowest BCUT2D eigenvalue weighted by atomic mass is 9.84. The van der Waals surface area contributed by atoms with Crippen LogP contribution in [0.1, 0.15) is 70.6 Å². The predicted octanol–water partition coefficient (Wildman–Crippen LogP) is 3.57. The number of ether oxygens (including phenoxy) is 3. The first kappa shape index (κ1) is 15.3. The van der Waals surface area contributed by atoms with E-state index in [1.54, 1.807) is 0 Å². The quantitative estimate of drug-likeness (QED) is 0.727. The van der Waals surface area contributed by atoms with Crippen molar-refractivity contribution in [2.24, 2.45) is 5.92 Å². The molecular weight excluding hydrogens is 268 g/mol. The van der Waals surface area contributed by atoms with Gasteiger partial charge in [0.25, 0.3) is 0 Å². The van der Waals surface area contributed by atoms with E-state index in [-0.39, 0.29) is 24.5 Å². The van der Waals surface area contributed by atoms with Gasteiger partial charge in [0.1, 0.15) is 6.10 Å². The molecule has 2 saturated heterocycles. The molecule has 0 spiro atoms. The summed E-state index contributed by atoms with van der Waals surface area (Å²) in [4.78, 5) is 11.4. The average molecular weight is 296 g/mol. The molecule has 3 aliphatic rings. The molecule has 0 N–H and O–H groups in total. The summed E-state index contributed by atoms with van der Waals surface area (Å²) in [7, 11) is 0. The first-order valence-corrected chi connectivity index (χ1v) is 8.78. The van der Waals surface area contributed by atoms with E-state index in [2.05, 4.69) is 0 Å². The Morgan fingerprint density at radius 1 is 1.05 bits per heavy atom. The average Bonchev–Trinajstić information content (AvgIpc) is 2.95. The van der Waals surface area contributed by atoms with Crippen molar-refractivity contribution in [3.05, 3.63) is 0 Å². The lowest BCUT2D eigenvalue weighted by Crippen LogP contribution is -2.37. The third kappa shape index (κ3) is 4.43. The number of hydrogen-bond donors (Lipinski definition) is 0. The van der Waals surface area contributed by atoms with Crippen LogP contribution < -0.4 is 0 Å². The van der Waals surface area contributed by atoms with Gasteiger partial charge in [-0.1, -0.05) is 32.1 Å². The number of carbonyl (C=O) groups is 1. The van der Waals surface area contributed by atoms with Gasteiger partial charge in [0.15, 0.2) is 6.29 Å². The molecule has 0 bridgehead atoms. The van der Waals surface area contributed by atoms with E-state index in [4.69, 9.17) is 14.2 Å². The number of cyclic esters (lactones) is 1. The van der Waals surface area contributed by atoms with Gasteiger partial charge < -0.3 is 14.2 Å². The van der Waals surface area contributed by atoms with Gasteiger partial charge in [-0.05, 0) is 38.0 Å². The molecule has 0 aromatic rings. The maximum Gasteiger partial charge on any atom is 0.306 e. The van der Waals surface area contributed by atoms with Gasteiger partial charge in [0.2, 0.25) is 0 Å². The zero-order chi connectivity index (χ0) is 14.5. The van der Waals surface area contributed by atoms with Crippen molar-refractivity contribution in [1.29, 1.82) is 0 Å². The Morgan fingerprint density at radius 3 is 2.52 bits per heavy atom. The third-order valence-corrected chi connectivity index (χ3v) is 5.09. The molecule has 2 aliphatic heterocycles. The molecule has 0 aromatic heterocycles. The van der Waals surface area contributed by atoms with Crippen LogP contribution in [0.2, 0.25) is 0 Å². The van der Waals surface area contributed by atoms with Gasteiger partial charge in [0.05, 0.1) is 6.10 Å². The molecule has 0 aromatic carbocycles. The van der Waals surface area contributed by atoms with Crippen LogP contribution in [0.4, 0.5) is 0 Å². The Bertz CT molecular complexity index is 312. The molecule has 120 valence electrons. The smallest absolute Gasteiger partial charge is 0.306 e. The van der Waals surface area contributed by atoms with E-state index >= 15 is 0 Å².